The van der Waals surface area contributed by atoms with Crippen LogP contribution in [0.15, 0.2) is 96.7 Å². The van der Waals surface area contributed by atoms with Gasteiger partial charge in [-0.25, -0.2) is 26.3 Å². The topological polar surface area (TPSA) is 155 Å². The third-order valence-electron chi connectivity index (χ3n) is 9.93. The average molecular weight is 915 g/mol. The fraction of sp³-hybridized carbons (Fsp3) is 0.429. The molecule has 2 aromatic heterocycles. The minimum absolute atomic E-state index is 0.0302. The van der Waals surface area contributed by atoms with E-state index in [9.17, 15) is 43.2 Å². The van der Waals surface area contributed by atoms with Gasteiger partial charge in [-0.1, -0.05) is 43.7 Å². The molecule has 4 aromatic rings. The summed E-state index contributed by atoms with van der Waals surface area (Å²) in [4.78, 5) is 8.46. The molecule has 6 rings (SSSR count). The molecule has 2 aliphatic rings. The summed E-state index contributed by atoms with van der Waals surface area (Å²) in [5.74, 6) is 0.118. The predicted octanol–water partition coefficient (Wildman–Crippen LogP) is 9.46. The Morgan fingerprint density at radius 3 is 1.42 bits per heavy atom. The van der Waals surface area contributed by atoms with E-state index in [4.69, 9.17) is 9.47 Å². The van der Waals surface area contributed by atoms with E-state index in [0.717, 1.165) is 25.7 Å². The Morgan fingerprint density at radius 1 is 0.645 bits per heavy atom. The van der Waals surface area contributed by atoms with Gasteiger partial charge in [0.25, 0.3) is 0 Å². The highest BCUT2D eigenvalue weighted by molar-refractivity contribution is 7.93. The first-order valence-corrected chi connectivity index (χ1v) is 22.8. The van der Waals surface area contributed by atoms with Crippen molar-refractivity contribution in [3.8, 4) is 45.5 Å². The lowest BCUT2D eigenvalue weighted by Gasteiger charge is -2.32. The van der Waals surface area contributed by atoms with Crippen LogP contribution in [0.1, 0.15) is 72.1 Å². The molecule has 12 nitrogen and oxygen atoms in total. The van der Waals surface area contributed by atoms with E-state index in [1.54, 1.807) is 44.2 Å². The smallest absolute Gasteiger partial charge is 0.487 e. The highest BCUT2D eigenvalue weighted by Crippen LogP contribution is 2.35. The van der Waals surface area contributed by atoms with Crippen molar-refractivity contribution in [3.63, 3.8) is 0 Å². The normalized spacial score (nSPS) is 19.8. The number of para-hydroxylation sites is 2. The van der Waals surface area contributed by atoms with Crippen molar-refractivity contribution in [2.24, 2.45) is 0 Å². The molecule has 2 N–H and O–H groups in total. The zero-order chi connectivity index (χ0) is 45.3. The van der Waals surface area contributed by atoms with Gasteiger partial charge in [0.2, 0.25) is 20.0 Å². The van der Waals surface area contributed by atoms with Gasteiger partial charge >= 0.3 is 12.7 Å². The van der Waals surface area contributed by atoms with Crippen LogP contribution in [0.4, 0.5) is 26.3 Å². The van der Waals surface area contributed by atoms with Crippen LogP contribution >= 0.6 is 0 Å². The molecule has 0 aliphatic heterocycles. The van der Waals surface area contributed by atoms with E-state index in [1.807, 2.05) is 0 Å². The Kier molecular flexibility index (Phi) is 15.9. The Hall–Kier alpha value is -4.92. The molecule has 62 heavy (non-hydrogen) atoms. The maximum atomic E-state index is 12.7. The van der Waals surface area contributed by atoms with Crippen LogP contribution in [0.25, 0.3) is 22.5 Å². The first kappa shape index (κ1) is 48.1. The van der Waals surface area contributed by atoms with Gasteiger partial charge < -0.3 is 18.9 Å². The first-order valence-electron chi connectivity index (χ1n) is 19.7. The zero-order valence-corrected chi connectivity index (χ0v) is 35.7. The number of nitrogens with zero attached hydrogens (tertiary/aromatic N) is 2. The van der Waals surface area contributed by atoms with Crippen LogP contribution in [0.3, 0.4) is 0 Å². The molecule has 0 bridgehead atoms. The minimum atomic E-state index is -4.81. The molecule has 2 saturated carbocycles. The molecule has 2 heterocycles. The summed E-state index contributed by atoms with van der Waals surface area (Å²) in [5, 5.41) is -0.546. The number of halogens is 6. The van der Waals surface area contributed by atoms with Gasteiger partial charge in [-0.05, 0) is 108 Å². The summed E-state index contributed by atoms with van der Waals surface area (Å²) in [6.45, 7) is 8.14. The van der Waals surface area contributed by atoms with Crippen molar-refractivity contribution in [3.05, 3.63) is 96.7 Å². The van der Waals surface area contributed by atoms with Gasteiger partial charge in [0.15, 0.2) is 0 Å². The number of rotatable bonds is 14. The molecule has 4 atom stereocenters. The predicted molar refractivity (Wildman–Crippen MR) is 220 cm³/mol. The molecular formula is C42H48F6N4O8S2. The number of alkyl halides is 6. The fourth-order valence-electron chi connectivity index (χ4n) is 6.74. The Balaban J connectivity index is 0.000000234. The average Bonchev–Trinajstić information content (AvgIpc) is 3.19. The molecule has 2 aromatic carbocycles. The molecule has 2 fully saturated rings. The van der Waals surface area contributed by atoms with Crippen molar-refractivity contribution in [1.82, 2.24) is 19.4 Å². The van der Waals surface area contributed by atoms with Gasteiger partial charge in [-0.3, -0.25) is 9.97 Å². The van der Waals surface area contributed by atoms with Crippen LogP contribution in [0.5, 0.6) is 23.0 Å². The molecule has 0 amide bonds. The lowest BCUT2D eigenvalue weighted by atomic mass is 9.93. The summed E-state index contributed by atoms with van der Waals surface area (Å²) in [7, 11) is -7.07. The highest BCUT2D eigenvalue weighted by Gasteiger charge is 2.35. The van der Waals surface area contributed by atoms with E-state index in [2.05, 4.69) is 35.5 Å². The van der Waals surface area contributed by atoms with Crippen LogP contribution in [0.2, 0.25) is 0 Å². The number of hydrogen-bond donors (Lipinski definition) is 2. The van der Waals surface area contributed by atoms with E-state index in [1.165, 1.54) is 61.8 Å². The van der Waals surface area contributed by atoms with Crippen molar-refractivity contribution < 1.29 is 62.1 Å². The maximum Gasteiger partial charge on any atom is 0.573 e. The largest absolute Gasteiger partial charge is 0.573 e. The van der Waals surface area contributed by atoms with E-state index >= 15 is 0 Å². The number of sulfonamides is 2. The number of hydrogen-bond acceptors (Lipinski definition) is 10. The lowest BCUT2D eigenvalue weighted by molar-refractivity contribution is -0.275. The van der Waals surface area contributed by atoms with E-state index < -0.39 is 50.2 Å². The molecule has 338 valence electrons. The molecule has 2 aliphatic carbocycles. The number of benzene rings is 2. The Bertz CT molecular complexity index is 2330. The monoisotopic (exact) mass is 914 g/mol. The number of pyridine rings is 2. The molecule has 0 spiro atoms. The summed E-state index contributed by atoms with van der Waals surface area (Å²) in [6.07, 6.45) is -1.31. The van der Waals surface area contributed by atoms with E-state index in [-0.39, 0.29) is 45.4 Å². The van der Waals surface area contributed by atoms with Crippen molar-refractivity contribution >= 4 is 20.0 Å². The number of allylic oxidation sites excluding steroid dienone is 1. The van der Waals surface area contributed by atoms with Crippen LogP contribution in [-0.2, 0) is 20.0 Å². The van der Waals surface area contributed by atoms with Gasteiger partial charge in [0.05, 0.1) is 41.1 Å². The van der Waals surface area contributed by atoms with Crippen molar-refractivity contribution in [2.45, 2.75) is 114 Å². The second kappa shape index (κ2) is 20.5. The molecule has 20 heteroatoms. The number of nitrogens with one attached hydrogen (secondary N) is 2. The van der Waals surface area contributed by atoms with Crippen LogP contribution in [-0.4, -0.2) is 69.1 Å². The molecular weight excluding hydrogens is 867 g/mol. The third kappa shape index (κ3) is 14.0. The van der Waals surface area contributed by atoms with Gasteiger partial charge in [0.1, 0.15) is 35.2 Å². The van der Waals surface area contributed by atoms with Gasteiger partial charge in [-0.2, -0.15) is 0 Å². The Morgan fingerprint density at radius 2 is 1.05 bits per heavy atom. The molecule has 0 unspecified atom stereocenters. The second-order valence-electron chi connectivity index (χ2n) is 15.0. The van der Waals surface area contributed by atoms with Crippen molar-refractivity contribution in [1.29, 1.82) is 0 Å². The summed E-state index contributed by atoms with van der Waals surface area (Å²) in [5.41, 5.74) is 0.978. The van der Waals surface area contributed by atoms with E-state index in [0.29, 0.717) is 42.9 Å². The van der Waals surface area contributed by atoms with Gasteiger partial charge in [0, 0.05) is 16.0 Å². The van der Waals surface area contributed by atoms with Gasteiger partial charge in [-0.15, -0.1) is 26.3 Å². The number of aromatic nitrogens is 2. The summed E-state index contributed by atoms with van der Waals surface area (Å²) >= 11 is 0. The summed E-state index contributed by atoms with van der Waals surface area (Å²) < 4.78 is 150. The SMILES string of the molecule is C=C(C)S(=O)(=O)N[C@H]1CCCC[C@H]1Oc1ccc(-c2ccccc2OC(F)(F)F)nc1.CC(C)S(=O)(=O)N[C@H]1CCCC[C@H]1Oc1ccc(-c2ccccc2OC(F)(F)F)nc1. The maximum absolute atomic E-state index is 12.7. The quantitative estimate of drug-likeness (QED) is 0.117. The minimum Gasteiger partial charge on any atom is -0.487 e. The second-order valence-corrected chi connectivity index (χ2v) is 19.2. The third-order valence-corrected chi connectivity index (χ3v) is 13.3. The standard InChI is InChI=1S/C21H25F3N2O4S.C21H23F3N2O4S/c2*1-14(2)31(27,28)26-18-8-4-6-10-20(18)29-15-11-12-17(25-13-15)16-7-3-5-9-19(16)30-21(22,23)24/h3,5,7,9,11-14,18,20,26H,4,6,8,10H2,1-2H3;3,5,7,9,11-13,18,20,26H,1,4,6,8,10H2,2H3/t2*18-,20+/m00/s1. The number of ether oxygens (including phenoxy) is 4. The summed E-state index contributed by atoms with van der Waals surface area (Å²) in [6, 6.07) is 17.0. The van der Waals surface area contributed by atoms with Crippen LogP contribution < -0.4 is 28.4 Å². The highest BCUT2D eigenvalue weighted by atomic mass is 32.2. The lowest BCUT2D eigenvalue weighted by Crippen LogP contribution is -2.49. The molecule has 0 radical (unpaired) electrons. The van der Waals surface area contributed by atoms with Crippen LogP contribution in [0, 0.1) is 0 Å². The molecule has 0 saturated heterocycles. The van der Waals surface area contributed by atoms with Crippen molar-refractivity contribution in [2.75, 3.05) is 0 Å². The Labute approximate surface area is 357 Å². The fourth-order valence-corrected chi connectivity index (χ4v) is 8.58. The first-order chi connectivity index (χ1) is 29.1. The zero-order valence-electron chi connectivity index (χ0n) is 34.1.